The van der Waals surface area contributed by atoms with Crippen LogP contribution in [0.3, 0.4) is 0 Å². The van der Waals surface area contributed by atoms with Gasteiger partial charge in [-0.3, -0.25) is 0 Å². The van der Waals surface area contributed by atoms with Crippen molar-refractivity contribution in [2.75, 3.05) is 19.7 Å². The van der Waals surface area contributed by atoms with Crippen molar-refractivity contribution in [1.29, 1.82) is 0 Å². The first-order chi connectivity index (χ1) is 18.1. The number of benzene rings is 3. The van der Waals surface area contributed by atoms with Crippen LogP contribution in [0, 0.1) is 0 Å². The second-order valence-electron chi connectivity index (χ2n) is 9.86. The average molecular weight is 578 g/mol. The molecule has 8 heteroatoms. The Hall–Kier alpha value is -2.64. The van der Waals surface area contributed by atoms with E-state index in [-0.39, 0.29) is 48.3 Å². The van der Waals surface area contributed by atoms with Gasteiger partial charge in [0.1, 0.15) is 24.7 Å². The summed E-state index contributed by atoms with van der Waals surface area (Å²) >= 11 is 0. The van der Waals surface area contributed by atoms with Crippen LogP contribution in [0.5, 0.6) is 23.0 Å². The molecule has 0 saturated carbocycles. The first kappa shape index (κ1) is 32.6. The highest BCUT2D eigenvalue weighted by atomic mass is 35.5. The number of phenols is 2. The van der Waals surface area contributed by atoms with Crippen LogP contribution in [0.1, 0.15) is 61.1 Å². The van der Waals surface area contributed by atoms with E-state index in [0.29, 0.717) is 13.2 Å². The number of fused-ring (bicyclic) bond motifs is 1. The van der Waals surface area contributed by atoms with Crippen molar-refractivity contribution >= 4 is 24.8 Å². The lowest BCUT2D eigenvalue weighted by molar-refractivity contribution is 0.300. The Balaban J connectivity index is 0.00000267. The summed E-state index contributed by atoms with van der Waals surface area (Å²) in [6, 6.07) is 21.6. The fraction of sp³-hybridized carbons (Fsp3) is 0.419. The fourth-order valence-corrected chi connectivity index (χ4v) is 5.07. The van der Waals surface area contributed by atoms with Gasteiger partial charge in [-0.05, 0) is 79.6 Å². The number of aromatic hydroxyl groups is 2. The number of nitrogens with one attached hydrogen (secondary N) is 1. The topological polar surface area (TPSA) is 97.0 Å². The van der Waals surface area contributed by atoms with E-state index in [1.165, 1.54) is 12.8 Å². The maximum Gasteiger partial charge on any atom is 0.160 e. The van der Waals surface area contributed by atoms with Crippen molar-refractivity contribution < 1.29 is 19.7 Å². The largest absolute Gasteiger partial charge is 0.504 e. The van der Waals surface area contributed by atoms with Crippen molar-refractivity contribution in [3.8, 4) is 23.0 Å². The number of phenolic OH excluding ortho intramolecular Hbond substituents is 2. The van der Waals surface area contributed by atoms with Crippen molar-refractivity contribution in [1.82, 2.24) is 5.32 Å². The molecule has 0 aromatic heterocycles. The highest BCUT2D eigenvalue weighted by Crippen LogP contribution is 2.42. The van der Waals surface area contributed by atoms with Gasteiger partial charge in [0.25, 0.3) is 0 Å². The van der Waals surface area contributed by atoms with Crippen LogP contribution in [0.2, 0.25) is 0 Å². The average Bonchev–Trinajstić information content (AvgIpc) is 2.92. The molecule has 0 bridgehead atoms. The van der Waals surface area contributed by atoms with Crippen LogP contribution in [0.4, 0.5) is 0 Å². The molecule has 1 aliphatic rings. The highest BCUT2D eigenvalue weighted by molar-refractivity contribution is 5.85. The molecule has 3 aromatic rings. The summed E-state index contributed by atoms with van der Waals surface area (Å²) < 4.78 is 11.6. The monoisotopic (exact) mass is 576 g/mol. The molecule has 214 valence electrons. The number of hydrogen-bond donors (Lipinski definition) is 4. The van der Waals surface area contributed by atoms with E-state index in [0.717, 1.165) is 73.4 Å². The van der Waals surface area contributed by atoms with Crippen molar-refractivity contribution in [2.45, 2.75) is 63.5 Å². The normalized spacial score (nSPS) is 15.9. The minimum absolute atomic E-state index is 0. The van der Waals surface area contributed by atoms with Crippen LogP contribution < -0.4 is 20.5 Å². The lowest BCUT2D eigenvalue weighted by atomic mass is 9.76. The van der Waals surface area contributed by atoms with E-state index in [2.05, 4.69) is 17.4 Å². The summed E-state index contributed by atoms with van der Waals surface area (Å²) in [5.74, 6) is 1.94. The zero-order valence-electron chi connectivity index (χ0n) is 22.4. The zero-order chi connectivity index (χ0) is 25.9. The first-order valence-electron chi connectivity index (χ1n) is 13.5. The molecule has 2 atom stereocenters. The Morgan fingerprint density at radius 3 is 2.23 bits per heavy atom. The van der Waals surface area contributed by atoms with Crippen molar-refractivity contribution in [3.05, 3.63) is 83.4 Å². The Bertz CT molecular complexity index is 1100. The molecule has 4 rings (SSSR count). The molecule has 0 saturated heterocycles. The molecular formula is C31H42Cl2N2O4. The third-order valence-electron chi connectivity index (χ3n) is 7.18. The van der Waals surface area contributed by atoms with Crippen LogP contribution >= 0.6 is 24.8 Å². The summed E-state index contributed by atoms with van der Waals surface area (Å²) in [5, 5.41) is 23.5. The molecule has 6 nitrogen and oxygen atoms in total. The van der Waals surface area contributed by atoms with Crippen LogP contribution in [0.25, 0.3) is 0 Å². The van der Waals surface area contributed by atoms with Crippen LogP contribution in [0.15, 0.2) is 66.7 Å². The smallest absolute Gasteiger partial charge is 0.160 e. The summed E-state index contributed by atoms with van der Waals surface area (Å²) in [4.78, 5) is 0. The van der Waals surface area contributed by atoms with Crippen LogP contribution in [-0.4, -0.2) is 36.0 Å². The van der Waals surface area contributed by atoms with Gasteiger partial charge < -0.3 is 30.7 Å². The number of halogens is 2. The minimum atomic E-state index is -0.0343. The Morgan fingerprint density at radius 2 is 1.49 bits per heavy atom. The van der Waals surface area contributed by atoms with E-state index in [1.807, 2.05) is 48.5 Å². The number of ether oxygens (including phenoxy) is 2. The molecule has 1 aliphatic carbocycles. The molecule has 3 aromatic carbocycles. The molecule has 39 heavy (non-hydrogen) atoms. The maximum atomic E-state index is 10.2. The summed E-state index contributed by atoms with van der Waals surface area (Å²) in [6.07, 6.45) is 7.20. The van der Waals surface area contributed by atoms with Gasteiger partial charge in [0, 0.05) is 18.2 Å². The number of nitrogens with two attached hydrogens (primary N) is 1. The number of hydrogen-bond acceptors (Lipinski definition) is 6. The van der Waals surface area contributed by atoms with Gasteiger partial charge in [0.2, 0.25) is 0 Å². The standard InChI is InChI=1S/C31H40N2O4.2ClH/c32-29-17-15-28-26(16-18-30(34)31(28)35)27(29)10-6-1-2-7-19-33-20-21-36-24-11-13-25(14-12-24)37-22-23-8-4-3-5-9-23;;/h3-5,8-9,11-14,16,18,27,29,33-35H,1-2,6-7,10,15,17,19-22,32H2;2*1H. The second-order valence-corrected chi connectivity index (χ2v) is 9.86. The molecule has 2 unspecified atom stereocenters. The maximum absolute atomic E-state index is 10.2. The predicted octanol–water partition coefficient (Wildman–Crippen LogP) is 6.50. The summed E-state index contributed by atoms with van der Waals surface area (Å²) in [6.45, 7) is 2.99. The van der Waals surface area contributed by atoms with Gasteiger partial charge in [-0.15, -0.1) is 24.8 Å². The van der Waals surface area contributed by atoms with Gasteiger partial charge in [0.05, 0.1) is 0 Å². The van der Waals surface area contributed by atoms with E-state index in [1.54, 1.807) is 6.07 Å². The van der Waals surface area contributed by atoms with Gasteiger partial charge in [-0.25, -0.2) is 0 Å². The van der Waals surface area contributed by atoms with E-state index in [4.69, 9.17) is 15.2 Å². The van der Waals surface area contributed by atoms with E-state index in [9.17, 15) is 10.2 Å². The van der Waals surface area contributed by atoms with Gasteiger partial charge >= 0.3 is 0 Å². The molecular weight excluding hydrogens is 535 g/mol. The summed E-state index contributed by atoms with van der Waals surface area (Å²) in [7, 11) is 0. The highest BCUT2D eigenvalue weighted by Gasteiger charge is 2.29. The van der Waals surface area contributed by atoms with Crippen molar-refractivity contribution in [3.63, 3.8) is 0 Å². The molecule has 0 aliphatic heterocycles. The second kappa shape index (κ2) is 17.1. The SMILES string of the molecule is Cl.Cl.NC1CCc2c(ccc(O)c2O)C1CCCCCCNCCOc1ccc(OCc2ccccc2)cc1. The third kappa shape index (κ3) is 9.80. The quantitative estimate of drug-likeness (QED) is 0.129. The zero-order valence-corrected chi connectivity index (χ0v) is 24.0. The third-order valence-corrected chi connectivity index (χ3v) is 7.18. The van der Waals surface area contributed by atoms with Gasteiger partial charge in [-0.1, -0.05) is 55.7 Å². The molecule has 0 fully saturated rings. The lowest BCUT2D eigenvalue weighted by Crippen LogP contribution is -2.33. The number of rotatable bonds is 14. The van der Waals surface area contributed by atoms with Gasteiger partial charge in [0.15, 0.2) is 11.5 Å². The van der Waals surface area contributed by atoms with Crippen LogP contribution in [-0.2, 0) is 13.0 Å². The molecule has 5 N–H and O–H groups in total. The van der Waals surface area contributed by atoms with Gasteiger partial charge in [-0.2, -0.15) is 0 Å². The number of unbranched alkanes of at least 4 members (excludes halogenated alkanes) is 3. The molecule has 0 heterocycles. The molecule has 0 radical (unpaired) electrons. The predicted molar refractivity (Wildman–Crippen MR) is 162 cm³/mol. The fourth-order valence-electron chi connectivity index (χ4n) is 5.07. The van der Waals surface area contributed by atoms with E-state index >= 15 is 0 Å². The Morgan fingerprint density at radius 1 is 0.795 bits per heavy atom. The van der Waals surface area contributed by atoms with E-state index < -0.39 is 0 Å². The lowest BCUT2D eigenvalue weighted by Gasteiger charge is -2.32. The van der Waals surface area contributed by atoms with Crippen molar-refractivity contribution in [2.24, 2.45) is 5.73 Å². The summed E-state index contributed by atoms with van der Waals surface area (Å²) in [5.41, 5.74) is 9.55. The minimum Gasteiger partial charge on any atom is -0.504 e. The molecule has 0 amide bonds. The first-order valence-corrected chi connectivity index (χ1v) is 13.5. The molecule has 0 spiro atoms. The Kier molecular flexibility index (Phi) is 14.3. The Labute approximate surface area is 244 Å².